The molecule has 1 N–H and O–H groups in total. The second kappa shape index (κ2) is 7.59. The first kappa shape index (κ1) is 17.8. The Morgan fingerprint density at radius 2 is 1.89 bits per heavy atom. The van der Waals surface area contributed by atoms with Gasteiger partial charge in [0.05, 0.1) is 29.3 Å². The van der Waals surface area contributed by atoms with E-state index in [0.717, 1.165) is 29.1 Å². The molecule has 0 saturated carbocycles. The van der Waals surface area contributed by atoms with Gasteiger partial charge in [0.25, 0.3) is 0 Å². The SMILES string of the molecule is CC[C@H](Nc1nccc(-c2cnn(-c3ccc(F)cc3)c2)n1)c1ccnn1C. The molecule has 0 aliphatic carbocycles. The second-order valence-electron chi connectivity index (χ2n) is 6.40. The molecule has 0 radical (unpaired) electrons. The smallest absolute Gasteiger partial charge is 0.223 e. The summed E-state index contributed by atoms with van der Waals surface area (Å²) in [4.78, 5) is 8.97. The maximum Gasteiger partial charge on any atom is 0.223 e. The number of hydrogen-bond donors (Lipinski definition) is 1. The third-order valence-corrected chi connectivity index (χ3v) is 4.55. The lowest BCUT2D eigenvalue weighted by atomic mass is 10.1. The van der Waals surface area contributed by atoms with E-state index < -0.39 is 0 Å². The molecule has 3 aromatic heterocycles. The summed E-state index contributed by atoms with van der Waals surface area (Å²) in [5.74, 6) is 0.265. The van der Waals surface area contributed by atoms with Crippen molar-refractivity contribution in [2.75, 3.05) is 5.32 Å². The normalized spacial score (nSPS) is 12.1. The number of anilines is 1. The van der Waals surface area contributed by atoms with E-state index in [9.17, 15) is 4.39 Å². The van der Waals surface area contributed by atoms with Gasteiger partial charge < -0.3 is 5.32 Å². The minimum atomic E-state index is -0.276. The number of halogens is 1. The molecule has 1 atom stereocenters. The first-order chi connectivity index (χ1) is 13.6. The van der Waals surface area contributed by atoms with E-state index in [2.05, 4.69) is 32.4 Å². The predicted molar refractivity (Wildman–Crippen MR) is 104 cm³/mol. The highest BCUT2D eigenvalue weighted by Gasteiger charge is 2.15. The van der Waals surface area contributed by atoms with Gasteiger partial charge in [-0.15, -0.1) is 0 Å². The number of nitrogens with zero attached hydrogens (tertiary/aromatic N) is 6. The molecular formula is C20H20FN7. The van der Waals surface area contributed by atoms with Gasteiger partial charge in [-0.3, -0.25) is 4.68 Å². The maximum atomic E-state index is 13.1. The van der Waals surface area contributed by atoms with Crippen LogP contribution >= 0.6 is 0 Å². The molecule has 0 saturated heterocycles. The first-order valence-corrected chi connectivity index (χ1v) is 9.02. The number of nitrogens with one attached hydrogen (secondary N) is 1. The summed E-state index contributed by atoms with van der Waals surface area (Å²) in [7, 11) is 1.92. The third kappa shape index (κ3) is 3.62. The summed E-state index contributed by atoms with van der Waals surface area (Å²) < 4.78 is 16.7. The monoisotopic (exact) mass is 377 g/mol. The van der Waals surface area contributed by atoms with Crippen LogP contribution in [0.1, 0.15) is 25.1 Å². The van der Waals surface area contributed by atoms with Crippen LogP contribution in [0.2, 0.25) is 0 Å². The molecule has 28 heavy (non-hydrogen) atoms. The van der Waals surface area contributed by atoms with E-state index in [1.807, 2.05) is 30.1 Å². The third-order valence-electron chi connectivity index (χ3n) is 4.55. The van der Waals surface area contributed by atoms with Crippen molar-refractivity contribution in [1.29, 1.82) is 0 Å². The van der Waals surface area contributed by atoms with Crippen LogP contribution in [0.4, 0.5) is 10.3 Å². The minimum absolute atomic E-state index is 0.0599. The quantitative estimate of drug-likeness (QED) is 0.554. The summed E-state index contributed by atoms with van der Waals surface area (Å²) in [6.45, 7) is 2.10. The highest BCUT2D eigenvalue weighted by atomic mass is 19.1. The Morgan fingerprint density at radius 1 is 1.07 bits per heavy atom. The van der Waals surface area contributed by atoms with Gasteiger partial charge >= 0.3 is 0 Å². The number of hydrogen-bond acceptors (Lipinski definition) is 5. The molecule has 4 aromatic rings. The van der Waals surface area contributed by atoms with Crippen molar-refractivity contribution in [2.45, 2.75) is 19.4 Å². The van der Waals surface area contributed by atoms with E-state index in [4.69, 9.17) is 0 Å². The van der Waals surface area contributed by atoms with Gasteiger partial charge in [0.15, 0.2) is 0 Å². The number of aryl methyl sites for hydroxylation is 1. The van der Waals surface area contributed by atoms with Gasteiger partial charge in [-0.2, -0.15) is 10.2 Å². The molecule has 0 aliphatic rings. The van der Waals surface area contributed by atoms with Crippen molar-refractivity contribution in [1.82, 2.24) is 29.5 Å². The molecule has 0 amide bonds. The van der Waals surface area contributed by atoms with Crippen molar-refractivity contribution >= 4 is 5.95 Å². The summed E-state index contributed by atoms with van der Waals surface area (Å²) in [5.41, 5.74) is 3.46. The van der Waals surface area contributed by atoms with Gasteiger partial charge in [0.2, 0.25) is 5.95 Å². The highest BCUT2D eigenvalue weighted by Crippen LogP contribution is 2.23. The lowest BCUT2D eigenvalue weighted by Gasteiger charge is -2.17. The Hall–Kier alpha value is -3.55. The van der Waals surface area contributed by atoms with Crippen LogP contribution < -0.4 is 5.32 Å². The topological polar surface area (TPSA) is 73.5 Å². The number of rotatable bonds is 6. The molecule has 0 unspecified atom stereocenters. The second-order valence-corrected chi connectivity index (χ2v) is 6.40. The van der Waals surface area contributed by atoms with Crippen LogP contribution in [0.3, 0.4) is 0 Å². The molecule has 0 spiro atoms. The summed E-state index contributed by atoms with van der Waals surface area (Å²) in [5, 5.41) is 12.0. The largest absolute Gasteiger partial charge is 0.346 e. The van der Waals surface area contributed by atoms with Crippen LogP contribution in [-0.4, -0.2) is 29.5 Å². The number of aromatic nitrogens is 6. The average molecular weight is 377 g/mol. The van der Waals surface area contributed by atoms with E-state index in [1.54, 1.807) is 35.4 Å². The lowest BCUT2D eigenvalue weighted by molar-refractivity contribution is 0.627. The van der Waals surface area contributed by atoms with Crippen LogP contribution in [-0.2, 0) is 7.05 Å². The predicted octanol–water partition coefficient (Wildman–Crippen LogP) is 3.77. The minimum Gasteiger partial charge on any atom is -0.346 e. The van der Waals surface area contributed by atoms with E-state index >= 15 is 0 Å². The molecule has 142 valence electrons. The van der Waals surface area contributed by atoms with Crippen LogP contribution in [0.25, 0.3) is 16.9 Å². The van der Waals surface area contributed by atoms with Gasteiger partial charge in [-0.25, -0.2) is 19.0 Å². The van der Waals surface area contributed by atoms with Crippen molar-refractivity contribution < 1.29 is 4.39 Å². The summed E-state index contributed by atoms with van der Waals surface area (Å²) in [6, 6.07) is 10.1. The van der Waals surface area contributed by atoms with E-state index in [0.29, 0.717) is 5.95 Å². The zero-order valence-corrected chi connectivity index (χ0v) is 15.6. The highest BCUT2D eigenvalue weighted by molar-refractivity contribution is 5.59. The van der Waals surface area contributed by atoms with Gasteiger partial charge in [-0.05, 0) is 42.8 Å². The zero-order chi connectivity index (χ0) is 19.5. The van der Waals surface area contributed by atoms with Crippen LogP contribution in [0.15, 0.2) is 61.2 Å². The van der Waals surface area contributed by atoms with E-state index in [1.165, 1.54) is 12.1 Å². The Balaban J connectivity index is 1.57. The summed E-state index contributed by atoms with van der Waals surface area (Å²) >= 11 is 0. The molecule has 4 rings (SSSR count). The molecule has 0 bridgehead atoms. The van der Waals surface area contributed by atoms with Gasteiger partial charge in [-0.1, -0.05) is 6.92 Å². The molecule has 1 aromatic carbocycles. The Bertz CT molecular complexity index is 1070. The Morgan fingerprint density at radius 3 is 2.61 bits per heavy atom. The molecule has 7 nitrogen and oxygen atoms in total. The molecule has 3 heterocycles. The van der Waals surface area contributed by atoms with Gasteiger partial charge in [0.1, 0.15) is 5.82 Å². The maximum absolute atomic E-state index is 13.1. The van der Waals surface area contributed by atoms with Crippen LogP contribution in [0.5, 0.6) is 0 Å². The average Bonchev–Trinajstić information content (AvgIpc) is 3.36. The molecule has 8 heteroatoms. The van der Waals surface area contributed by atoms with Crippen LogP contribution in [0, 0.1) is 5.82 Å². The van der Waals surface area contributed by atoms with Gasteiger partial charge in [0, 0.05) is 31.2 Å². The molecule has 0 aliphatic heterocycles. The number of benzene rings is 1. The first-order valence-electron chi connectivity index (χ1n) is 9.02. The fraction of sp³-hybridized carbons (Fsp3) is 0.200. The Kier molecular flexibility index (Phi) is 4.84. The molecule has 0 fully saturated rings. The van der Waals surface area contributed by atoms with Crippen molar-refractivity contribution in [3.8, 4) is 16.9 Å². The zero-order valence-electron chi connectivity index (χ0n) is 15.6. The van der Waals surface area contributed by atoms with Crippen molar-refractivity contribution in [2.24, 2.45) is 7.05 Å². The fourth-order valence-electron chi connectivity index (χ4n) is 3.05. The Labute approximate surface area is 161 Å². The lowest BCUT2D eigenvalue weighted by Crippen LogP contribution is -2.15. The summed E-state index contributed by atoms with van der Waals surface area (Å²) in [6.07, 6.45) is 7.96. The van der Waals surface area contributed by atoms with Crippen molar-refractivity contribution in [3.63, 3.8) is 0 Å². The van der Waals surface area contributed by atoms with E-state index in [-0.39, 0.29) is 11.9 Å². The molecular weight excluding hydrogens is 357 g/mol. The standard InChI is InChI=1S/C20H20FN7/c1-3-17(19-9-11-23-27(19)2)25-20-22-10-8-18(26-20)14-12-24-28(13-14)16-6-4-15(21)5-7-16/h4-13,17H,3H2,1-2H3,(H,22,25,26)/t17-/m0/s1. The van der Waals surface area contributed by atoms with Crippen molar-refractivity contribution in [3.05, 3.63) is 72.7 Å². The fourth-order valence-corrected chi connectivity index (χ4v) is 3.05.